The Morgan fingerprint density at radius 3 is 0.984 bits per heavy atom. The molecule has 4 fully saturated rings. The third kappa shape index (κ3) is 20.9. The zero-order chi connectivity index (χ0) is 46.8. The maximum absolute atomic E-state index is 12.3. The molecule has 4 rings (SSSR count). The Morgan fingerprint density at radius 1 is 0.419 bits per heavy atom. The van der Waals surface area contributed by atoms with E-state index in [0.29, 0.717) is 24.9 Å². The lowest BCUT2D eigenvalue weighted by Gasteiger charge is -2.55. The Bertz CT molecular complexity index is 1230. The zero-order valence-corrected chi connectivity index (χ0v) is 43.5. The van der Waals surface area contributed by atoms with Gasteiger partial charge >= 0.3 is 11.9 Å². The van der Waals surface area contributed by atoms with Crippen LogP contribution in [0.5, 0.6) is 0 Å². The van der Waals surface area contributed by atoms with Crippen LogP contribution in [0.1, 0.15) is 239 Å². The van der Waals surface area contributed by atoms with Crippen LogP contribution in [-0.2, 0) is 19.1 Å². The minimum absolute atomic E-state index is 0.000484. The third-order valence-corrected chi connectivity index (χ3v) is 13.6. The summed E-state index contributed by atoms with van der Waals surface area (Å²) in [4.78, 5) is 27.5. The molecule has 4 heterocycles. The number of hydrogen-bond donors (Lipinski definition) is 5. The van der Waals surface area contributed by atoms with Crippen molar-refractivity contribution >= 4 is 11.9 Å². The molecule has 0 radical (unpaired) electrons. The number of hydrogen-bond acceptors (Lipinski definition) is 10. The Labute approximate surface area is 382 Å². The van der Waals surface area contributed by atoms with Crippen LogP contribution in [0.2, 0.25) is 0 Å². The summed E-state index contributed by atoms with van der Waals surface area (Å²) in [7, 11) is 0. The van der Waals surface area contributed by atoms with Gasteiger partial charge in [0.05, 0.1) is 0 Å². The van der Waals surface area contributed by atoms with Gasteiger partial charge in [0, 0.05) is 94.9 Å². The highest BCUT2D eigenvalue weighted by Gasteiger charge is 2.46. The molecule has 0 spiro atoms. The fourth-order valence-electron chi connectivity index (χ4n) is 12.8. The first kappa shape index (κ1) is 55.0. The molecule has 0 aromatic heterocycles. The molecule has 364 valence electrons. The SMILES string of the molecule is CC1(C)CC(N(CCCCCCN)C2CC(C)(C)NC(C)(C)C2)CC(C)(C)N1.CC1(C)CC(OC(=O)CCCCCCCCC(=O)OC2CC(C)(C)NC(C)(C)C2)CC(C)(C)N1. The van der Waals surface area contributed by atoms with E-state index in [4.69, 9.17) is 15.2 Å². The van der Waals surface area contributed by atoms with Crippen molar-refractivity contribution in [3.63, 3.8) is 0 Å². The van der Waals surface area contributed by atoms with E-state index in [1.807, 2.05) is 0 Å². The van der Waals surface area contributed by atoms with Gasteiger partial charge in [-0.2, -0.15) is 0 Å². The van der Waals surface area contributed by atoms with E-state index < -0.39 is 0 Å². The lowest BCUT2D eigenvalue weighted by atomic mass is 9.75. The average molecular weight is 875 g/mol. The standard InChI is InChI=1S/C28H52N2O4.C24H50N4/c1-25(2)17-21(18-26(3,4)29-25)33-23(31)15-13-11-9-10-12-14-16-24(32)34-22-19-27(5,6)30-28(7,8)20-22;1-21(2)15-19(16-22(3,4)26-21)28(14-12-10-9-11-13-25)20-17-23(5,6)27-24(7,8)18-20/h21-22,29-30H,9-20H2,1-8H3;19-20,26-27H,9-18,25H2,1-8H3. The van der Waals surface area contributed by atoms with Crippen molar-refractivity contribution in [1.82, 2.24) is 26.2 Å². The molecule has 0 aromatic rings. The van der Waals surface area contributed by atoms with E-state index in [0.717, 1.165) is 70.8 Å². The first-order chi connectivity index (χ1) is 28.3. The highest BCUT2D eigenvalue weighted by Crippen LogP contribution is 2.38. The van der Waals surface area contributed by atoms with E-state index in [1.54, 1.807) is 0 Å². The summed E-state index contributed by atoms with van der Waals surface area (Å²) >= 11 is 0. The summed E-state index contributed by atoms with van der Waals surface area (Å²) in [6.45, 7) is 38.5. The third-order valence-electron chi connectivity index (χ3n) is 13.6. The normalized spacial score (nSPS) is 25.4. The molecule has 0 aliphatic carbocycles. The van der Waals surface area contributed by atoms with Crippen LogP contribution in [-0.4, -0.2) is 98.5 Å². The molecule has 10 heteroatoms. The summed E-state index contributed by atoms with van der Waals surface area (Å²) in [5.41, 5.74) is 6.43. The quantitative estimate of drug-likeness (QED) is 0.0632. The number of nitrogens with two attached hydrogens (primary N) is 1. The van der Waals surface area contributed by atoms with Gasteiger partial charge in [0.25, 0.3) is 0 Å². The maximum Gasteiger partial charge on any atom is 0.306 e. The fourth-order valence-corrected chi connectivity index (χ4v) is 12.8. The van der Waals surface area contributed by atoms with Crippen LogP contribution in [0, 0.1) is 0 Å². The predicted molar refractivity (Wildman–Crippen MR) is 261 cm³/mol. The van der Waals surface area contributed by atoms with Crippen molar-refractivity contribution in [2.75, 3.05) is 13.1 Å². The van der Waals surface area contributed by atoms with Gasteiger partial charge in [-0.3, -0.25) is 14.5 Å². The zero-order valence-electron chi connectivity index (χ0n) is 43.5. The second kappa shape index (κ2) is 22.5. The van der Waals surface area contributed by atoms with Crippen molar-refractivity contribution in [2.45, 2.75) is 308 Å². The number of unbranched alkanes of at least 4 members (excludes halogenated alkanes) is 8. The number of piperidine rings is 4. The first-order valence-electron chi connectivity index (χ1n) is 25.3. The minimum atomic E-state index is -0.0643. The van der Waals surface area contributed by atoms with Gasteiger partial charge in [0.2, 0.25) is 0 Å². The lowest BCUT2D eigenvalue weighted by molar-refractivity contribution is -0.154. The van der Waals surface area contributed by atoms with Crippen LogP contribution < -0.4 is 27.0 Å². The number of ether oxygens (including phenoxy) is 2. The molecule has 0 saturated carbocycles. The van der Waals surface area contributed by atoms with Crippen molar-refractivity contribution in [3.05, 3.63) is 0 Å². The van der Waals surface area contributed by atoms with Crippen LogP contribution in [0.3, 0.4) is 0 Å². The molecular weight excluding hydrogens is 773 g/mol. The second-order valence-corrected chi connectivity index (χ2v) is 25.8. The van der Waals surface area contributed by atoms with E-state index in [9.17, 15) is 9.59 Å². The van der Waals surface area contributed by atoms with Crippen molar-refractivity contribution in [3.8, 4) is 0 Å². The van der Waals surface area contributed by atoms with E-state index in [2.05, 4.69) is 137 Å². The fraction of sp³-hybridized carbons (Fsp3) is 0.962. The molecule has 10 nitrogen and oxygen atoms in total. The maximum atomic E-state index is 12.3. The number of carbonyl (C=O) groups is 2. The van der Waals surface area contributed by atoms with Gasteiger partial charge in [-0.1, -0.05) is 38.5 Å². The monoisotopic (exact) mass is 875 g/mol. The van der Waals surface area contributed by atoms with Crippen molar-refractivity contribution in [1.29, 1.82) is 0 Å². The first-order valence-corrected chi connectivity index (χ1v) is 25.3. The van der Waals surface area contributed by atoms with Gasteiger partial charge in [-0.05, 0) is 175 Å². The van der Waals surface area contributed by atoms with E-state index in [1.165, 1.54) is 57.9 Å². The average Bonchev–Trinajstić information content (AvgIpc) is 3.02. The number of nitrogens with zero attached hydrogens (tertiary/aromatic N) is 1. The summed E-state index contributed by atoms with van der Waals surface area (Å²) in [6.07, 6.45) is 20.4. The summed E-state index contributed by atoms with van der Waals surface area (Å²) in [5.74, 6) is -0.129. The second-order valence-electron chi connectivity index (χ2n) is 25.8. The van der Waals surface area contributed by atoms with Gasteiger partial charge in [-0.25, -0.2) is 0 Å². The molecule has 0 atom stereocenters. The molecule has 4 saturated heterocycles. The van der Waals surface area contributed by atoms with E-state index >= 15 is 0 Å². The largest absolute Gasteiger partial charge is 0.462 e. The predicted octanol–water partition coefficient (Wildman–Crippen LogP) is 10.2. The number of nitrogens with one attached hydrogen (secondary N) is 4. The Hall–Kier alpha value is -1.30. The Morgan fingerprint density at radius 2 is 0.677 bits per heavy atom. The molecule has 62 heavy (non-hydrogen) atoms. The van der Waals surface area contributed by atoms with Gasteiger partial charge in [0.15, 0.2) is 0 Å². The van der Waals surface area contributed by atoms with E-state index in [-0.39, 0.29) is 68.5 Å². The number of rotatable bonds is 19. The minimum Gasteiger partial charge on any atom is -0.462 e. The van der Waals surface area contributed by atoms with Gasteiger partial charge < -0.3 is 36.5 Å². The molecule has 0 bridgehead atoms. The summed E-state index contributed by atoms with van der Waals surface area (Å²) in [6, 6.07) is 1.32. The Balaban J connectivity index is 0.000000336. The Kier molecular flexibility index (Phi) is 19.9. The number of esters is 2. The highest BCUT2D eigenvalue weighted by atomic mass is 16.5. The molecule has 0 amide bonds. The molecule has 4 aliphatic heterocycles. The van der Waals surface area contributed by atoms with Crippen molar-refractivity contribution < 1.29 is 19.1 Å². The molecule has 6 N–H and O–H groups in total. The molecule has 4 aliphatic rings. The lowest BCUT2D eigenvalue weighted by Crippen LogP contribution is -2.67. The summed E-state index contributed by atoms with van der Waals surface area (Å²) in [5, 5.41) is 15.0. The molecule has 0 aromatic carbocycles. The van der Waals surface area contributed by atoms with Crippen LogP contribution >= 0.6 is 0 Å². The van der Waals surface area contributed by atoms with Crippen LogP contribution in [0.15, 0.2) is 0 Å². The van der Waals surface area contributed by atoms with Crippen LogP contribution in [0.4, 0.5) is 0 Å². The number of carbonyl (C=O) groups excluding carboxylic acids is 2. The van der Waals surface area contributed by atoms with Gasteiger partial charge in [-0.15, -0.1) is 0 Å². The van der Waals surface area contributed by atoms with Crippen molar-refractivity contribution in [2.24, 2.45) is 5.73 Å². The highest BCUT2D eigenvalue weighted by molar-refractivity contribution is 5.70. The van der Waals surface area contributed by atoms with Crippen LogP contribution in [0.25, 0.3) is 0 Å². The molecule has 0 unspecified atom stereocenters. The smallest absolute Gasteiger partial charge is 0.306 e. The summed E-state index contributed by atoms with van der Waals surface area (Å²) < 4.78 is 11.6. The van der Waals surface area contributed by atoms with Gasteiger partial charge in [0.1, 0.15) is 12.2 Å². The molecular formula is C52H102N6O4. The topological polar surface area (TPSA) is 130 Å².